The molecule has 3 N–H and O–H groups in total. The van der Waals surface area contributed by atoms with Gasteiger partial charge >= 0.3 is 118 Å². The maximum atomic E-state index is 13.6. The fraction of sp³-hybridized carbons (Fsp3) is 0.0645. The molecule has 4 aromatic carbocycles. The van der Waals surface area contributed by atoms with Crippen LogP contribution in [0.15, 0.2) is 97.5 Å². The first-order valence-corrected chi connectivity index (χ1v) is 23.5. The molecule has 0 fully saturated rings. The number of carbonyl (C=O) groups excluding carboxylic acids is 1. The van der Waals surface area contributed by atoms with Gasteiger partial charge in [0.25, 0.3) is 0 Å². The van der Waals surface area contributed by atoms with Gasteiger partial charge in [0.2, 0.25) is 33.4 Å². The second-order valence-corrected chi connectivity index (χ2v) is 19.5. The third-order valence-electron chi connectivity index (χ3n) is 7.99. The van der Waals surface area contributed by atoms with Crippen molar-refractivity contribution in [2.24, 2.45) is 5.10 Å². The maximum absolute atomic E-state index is 13.6. The molecule has 1 aliphatic carbocycles. The zero-order valence-corrected chi connectivity index (χ0v) is 46.0. The molecule has 0 bridgehead atoms. The number of anilines is 5. The summed E-state index contributed by atoms with van der Waals surface area (Å²) in [7, 11) is -25.3. The Kier molecular flexibility index (Phi) is 20.8. The minimum Gasteiger partial charge on any atom is -0.744 e. The molecule has 64 heavy (non-hydrogen) atoms. The van der Waals surface area contributed by atoms with E-state index in [1.807, 2.05) is 0 Å². The van der Waals surface area contributed by atoms with Gasteiger partial charge in [-0.3, -0.25) is 14.4 Å². The predicted octanol–water partition coefficient (Wildman–Crippen LogP) is -10.2. The fourth-order valence-electron chi connectivity index (χ4n) is 5.53. The Morgan fingerprint density at radius 2 is 1.27 bits per heavy atom. The van der Waals surface area contributed by atoms with Gasteiger partial charge in [-0.25, -0.2) is 42.1 Å². The van der Waals surface area contributed by atoms with Crippen LogP contribution in [-0.2, 0) is 54.8 Å². The number of allylic oxidation sites excluding steroid dienone is 1. The SMILES string of the molecule is O=C1C(=NNc2ccc3c(S(=O)(=O)[O-])cccc3c2S(=O)(=O)[O-])C(S(=O)(=O)[O-])=Cc2cc(Nc3nc(Cl)nc(Nc4ccc(S(=O)(=O)CCOS(=O)(=O)[O-])cc4)n3)ccc21.[Na+].[Na+].[Na+].[Na+]. The summed E-state index contributed by atoms with van der Waals surface area (Å²) in [6.45, 7) is -0.893. The smallest absolute Gasteiger partial charge is 0.744 e. The van der Waals surface area contributed by atoms with Crippen molar-refractivity contribution in [3.8, 4) is 0 Å². The van der Waals surface area contributed by atoms with Crippen LogP contribution in [0.2, 0.25) is 5.28 Å². The number of halogens is 1. The average Bonchev–Trinajstić information content (AvgIpc) is 3.12. The van der Waals surface area contributed by atoms with Gasteiger partial charge < -0.3 is 28.8 Å². The molecule has 0 spiro atoms. The largest absolute Gasteiger partial charge is 1.00 e. The molecule has 0 aliphatic heterocycles. The topological polar surface area (TPSA) is 376 Å². The van der Waals surface area contributed by atoms with E-state index in [0.29, 0.717) is 0 Å². The number of sulfone groups is 1. The number of benzene rings is 4. The third kappa shape index (κ3) is 14.5. The van der Waals surface area contributed by atoms with Crippen molar-refractivity contribution in [3.05, 3.63) is 94.1 Å². The number of rotatable bonds is 14. The first-order valence-electron chi connectivity index (χ1n) is 15.9. The van der Waals surface area contributed by atoms with Gasteiger partial charge in [0.15, 0.2) is 9.84 Å². The van der Waals surface area contributed by atoms with Gasteiger partial charge in [-0.05, 0) is 77.8 Å². The third-order valence-corrected chi connectivity index (χ3v) is 13.0. The monoisotopic (exact) mass is 1030 g/mol. The molecule has 33 heteroatoms. The quantitative estimate of drug-likeness (QED) is 0.0402. The Balaban J connectivity index is 0.00000352. The zero-order chi connectivity index (χ0) is 44.0. The number of fused-ring (bicyclic) bond motifs is 2. The molecule has 1 aliphatic rings. The van der Waals surface area contributed by atoms with E-state index in [9.17, 15) is 65.1 Å². The van der Waals surface area contributed by atoms with E-state index >= 15 is 0 Å². The van der Waals surface area contributed by atoms with Crippen LogP contribution in [0, 0.1) is 0 Å². The van der Waals surface area contributed by atoms with Gasteiger partial charge in [-0.15, -0.1) is 0 Å². The molecule has 0 unspecified atom stereocenters. The Morgan fingerprint density at radius 1 is 0.672 bits per heavy atom. The van der Waals surface area contributed by atoms with Gasteiger partial charge in [0.05, 0.1) is 37.6 Å². The van der Waals surface area contributed by atoms with Crippen molar-refractivity contribution in [1.82, 2.24) is 15.0 Å². The Morgan fingerprint density at radius 3 is 1.83 bits per heavy atom. The molecule has 23 nitrogen and oxygen atoms in total. The Labute approximate surface area is 458 Å². The molecule has 6 rings (SSSR count). The zero-order valence-electron chi connectivity index (χ0n) is 33.2. The summed E-state index contributed by atoms with van der Waals surface area (Å²) < 4.78 is 170. The molecule has 316 valence electrons. The van der Waals surface area contributed by atoms with Crippen molar-refractivity contribution in [1.29, 1.82) is 0 Å². The number of hydrogen-bond acceptors (Lipinski definition) is 23. The predicted molar refractivity (Wildman–Crippen MR) is 205 cm³/mol. The second-order valence-electron chi connectivity index (χ2n) is 11.9. The van der Waals surface area contributed by atoms with E-state index in [1.165, 1.54) is 30.3 Å². The summed E-state index contributed by atoms with van der Waals surface area (Å²) in [5.74, 6) is -2.33. The van der Waals surface area contributed by atoms with Gasteiger partial charge in [-0.1, -0.05) is 18.2 Å². The van der Waals surface area contributed by atoms with Crippen molar-refractivity contribution in [2.75, 3.05) is 28.4 Å². The first-order chi connectivity index (χ1) is 27.8. The second kappa shape index (κ2) is 22.7. The first kappa shape index (κ1) is 58.6. The molecule has 5 aromatic rings. The molecular formula is C31H20ClN7Na4O16S5. The van der Waals surface area contributed by atoms with Gasteiger partial charge in [0, 0.05) is 27.7 Å². The van der Waals surface area contributed by atoms with Crippen LogP contribution in [0.3, 0.4) is 0 Å². The molecule has 0 saturated heterocycles. The van der Waals surface area contributed by atoms with Crippen LogP contribution in [0.25, 0.3) is 16.8 Å². The van der Waals surface area contributed by atoms with Crippen LogP contribution < -0.4 is 134 Å². The standard InChI is InChI=1S/C31H24ClN7O16S5.4Na/c32-29-35-30(33-17-4-7-19(8-5-17)56(41,42)13-12-55-60(52,53)54)37-31(36-29)34-18-6-9-20-16(14-18)15-25(58(46,47)48)26(27(20)40)39-38-23-11-10-21-22(28(23)59(49,50)51)2-1-3-24(21)57(43,44)45;;;;/h1-11,14-15,38H,12-13H2,(H,43,44,45)(H,46,47,48)(H,49,50,51)(H,52,53,54)(H2,33,34,35,36,37);;;;/q;4*+1/p-4. The van der Waals surface area contributed by atoms with Crippen molar-refractivity contribution >= 4 is 119 Å². The molecule has 0 saturated carbocycles. The van der Waals surface area contributed by atoms with Gasteiger partial charge in [-0.2, -0.15) is 20.1 Å². The number of nitrogens with one attached hydrogen (secondary N) is 3. The number of hydrazone groups is 1. The van der Waals surface area contributed by atoms with Crippen molar-refractivity contribution in [2.45, 2.75) is 14.7 Å². The van der Waals surface area contributed by atoms with E-state index in [-0.39, 0.29) is 163 Å². The summed E-state index contributed by atoms with van der Waals surface area (Å²) in [5, 5.41) is 7.88. The average molecular weight is 1030 g/mol. The Bertz CT molecular complexity index is 3280. The van der Waals surface area contributed by atoms with Crippen LogP contribution >= 0.6 is 11.6 Å². The fourth-order valence-corrected chi connectivity index (χ4v) is 9.35. The van der Waals surface area contributed by atoms with Crippen LogP contribution in [0.4, 0.5) is 29.0 Å². The molecule has 1 heterocycles. The summed E-state index contributed by atoms with van der Waals surface area (Å²) in [6.07, 6.45) is 0.789. The Hall–Kier alpha value is -1.53. The molecular weight excluding hydrogens is 1010 g/mol. The number of carbonyl (C=O) groups is 1. The van der Waals surface area contributed by atoms with Crippen molar-refractivity contribution in [3.63, 3.8) is 0 Å². The summed E-state index contributed by atoms with van der Waals surface area (Å²) >= 11 is 6.07. The minimum atomic E-state index is -5.50. The number of ketones is 1. The van der Waals surface area contributed by atoms with E-state index in [2.05, 4.69) is 40.3 Å². The van der Waals surface area contributed by atoms with E-state index in [0.717, 1.165) is 48.5 Å². The molecule has 0 amide bonds. The van der Waals surface area contributed by atoms with Crippen LogP contribution in [-0.4, -0.2) is 99.1 Å². The normalized spacial score (nSPS) is 13.5. The summed E-state index contributed by atoms with van der Waals surface area (Å²) in [4.78, 5) is 22.2. The van der Waals surface area contributed by atoms with Crippen LogP contribution in [0.5, 0.6) is 0 Å². The molecule has 1 aromatic heterocycles. The van der Waals surface area contributed by atoms with E-state index in [1.54, 1.807) is 0 Å². The number of hydrogen-bond donors (Lipinski definition) is 3. The van der Waals surface area contributed by atoms with E-state index < -0.39 is 106 Å². The van der Waals surface area contributed by atoms with Crippen molar-refractivity contribution < 1.29 is 188 Å². The number of nitrogens with zero attached hydrogens (tertiary/aromatic N) is 4. The molecule has 0 radical (unpaired) electrons. The van der Waals surface area contributed by atoms with Crippen LogP contribution in [0.1, 0.15) is 15.9 Å². The van der Waals surface area contributed by atoms with E-state index in [4.69, 9.17) is 11.6 Å². The minimum absolute atomic E-state index is 0. The number of Topliss-reactive ketones (excluding diaryl/α,β-unsaturated/α-hetero) is 1. The summed E-state index contributed by atoms with van der Waals surface area (Å²) in [6, 6.07) is 13.4. The summed E-state index contributed by atoms with van der Waals surface area (Å²) in [5.41, 5.74) is 0.427. The van der Waals surface area contributed by atoms with Gasteiger partial charge in [0.1, 0.15) is 36.1 Å². The molecule has 0 atom stereocenters. The maximum Gasteiger partial charge on any atom is 1.00 e. The number of aromatic nitrogens is 3.